The molecule has 3 rings (SSSR count). The minimum atomic E-state index is -1.21. The first-order chi connectivity index (χ1) is 11.0. The zero-order valence-electron chi connectivity index (χ0n) is 13.8. The molecule has 0 unspecified atom stereocenters. The zero-order valence-corrected chi connectivity index (χ0v) is 14.6. The summed E-state index contributed by atoms with van der Waals surface area (Å²) in [6.07, 6.45) is 7.89. The van der Waals surface area contributed by atoms with Gasteiger partial charge in [0.25, 0.3) is 0 Å². The maximum absolute atomic E-state index is 13.3. The van der Waals surface area contributed by atoms with E-state index in [0.717, 1.165) is 36.1 Å². The molecule has 3 nitrogen and oxygen atoms in total. The molecule has 5 atom stereocenters. The van der Waals surface area contributed by atoms with Crippen molar-refractivity contribution in [2.45, 2.75) is 49.7 Å². The Morgan fingerprint density at radius 1 is 1.30 bits per heavy atom. The lowest BCUT2D eigenvalue weighted by atomic mass is 9.71. The van der Waals surface area contributed by atoms with Gasteiger partial charge in [0, 0.05) is 4.90 Å². The van der Waals surface area contributed by atoms with Gasteiger partial charge in [-0.15, -0.1) is 0 Å². The van der Waals surface area contributed by atoms with Gasteiger partial charge in [0.1, 0.15) is 0 Å². The predicted molar refractivity (Wildman–Crippen MR) is 93.3 cm³/mol. The van der Waals surface area contributed by atoms with Crippen LogP contribution in [0.3, 0.4) is 0 Å². The van der Waals surface area contributed by atoms with Crippen molar-refractivity contribution in [1.82, 2.24) is 0 Å². The molecule has 0 aliphatic heterocycles. The summed E-state index contributed by atoms with van der Waals surface area (Å²) in [5.74, 6) is 0.0794. The fourth-order valence-electron chi connectivity index (χ4n) is 4.34. The molecule has 1 aromatic carbocycles. The summed E-state index contributed by atoms with van der Waals surface area (Å²) in [6, 6.07) is 7.81. The molecular formula is C19H25NO2S. The minimum Gasteiger partial charge on any atom is -0.369 e. The van der Waals surface area contributed by atoms with Crippen molar-refractivity contribution in [3.63, 3.8) is 0 Å². The number of carbonyl (C=O) groups excluding carboxylic acids is 1. The van der Waals surface area contributed by atoms with Gasteiger partial charge in [-0.25, -0.2) is 0 Å². The lowest BCUT2D eigenvalue weighted by Gasteiger charge is -2.38. The maximum Gasteiger partial charge on any atom is 0.225 e. The molecule has 1 aromatic rings. The van der Waals surface area contributed by atoms with Gasteiger partial charge in [-0.05, 0) is 43.7 Å². The maximum atomic E-state index is 13.3. The van der Waals surface area contributed by atoms with Crippen LogP contribution in [0, 0.1) is 24.2 Å². The van der Waals surface area contributed by atoms with Crippen molar-refractivity contribution in [3.05, 3.63) is 42.0 Å². The highest BCUT2D eigenvalue weighted by atomic mass is 32.2. The topological polar surface area (TPSA) is 60.2 Å². The van der Waals surface area contributed by atoms with Crippen LogP contribution < -0.4 is 5.73 Å². The monoisotopic (exact) mass is 331 g/mol. The van der Waals surface area contributed by atoms with E-state index in [2.05, 4.69) is 19.1 Å². The number of amides is 1. The lowest BCUT2D eigenvalue weighted by molar-refractivity contribution is -0.129. The van der Waals surface area contributed by atoms with E-state index in [4.69, 9.17) is 5.73 Å². The van der Waals surface area contributed by atoms with E-state index in [0.29, 0.717) is 0 Å². The molecule has 0 aromatic heterocycles. The molecule has 1 saturated carbocycles. The van der Waals surface area contributed by atoms with E-state index in [1.807, 2.05) is 31.2 Å². The Hall–Kier alpha value is -1.42. The average Bonchev–Trinajstić information content (AvgIpc) is 3.12. The molecule has 0 radical (unpaired) electrons. The first-order valence-corrected chi connectivity index (χ1v) is 9.67. The fraction of sp³-hybridized carbons (Fsp3) is 0.526. The molecular weight excluding hydrogens is 306 g/mol. The third kappa shape index (κ3) is 2.57. The first kappa shape index (κ1) is 16.4. The second-order valence-corrected chi connectivity index (χ2v) is 8.50. The number of hydrogen-bond acceptors (Lipinski definition) is 2. The van der Waals surface area contributed by atoms with Crippen LogP contribution in [-0.4, -0.2) is 15.4 Å². The van der Waals surface area contributed by atoms with Gasteiger partial charge in [0.15, 0.2) is 0 Å². The van der Waals surface area contributed by atoms with Crippen LogP contribution in [0.25, 0.3) is 0 Å². The highest BCUT2D eigenvalue weighted by Gasteiger charge is 2.61. The van der Waals surface area contributed by atoms with Crippen molar-refractivity contribution in [1.29, 1.82) is 0 Å². The number of hydrogen-bond donors (Lipinski definition) is 1. The zero-order chi connectivity index (χ0) is 16.6. The van der Waals surface area contributed by atoms with Crippen LogP contribution in [0.4, 0.5) is 0 Å². The highest BCUT2D eigenvalue weighted by molar-refractivity contribution is 7.85. The number of aryl methyl sites for hydroxylation is 1. The Bertz CT molecular complexity index is 652. The van der Waals surface area contributed by atoms with Gasteiger partial charge in [0.05, 0.1) is 21.5 Å². The van der Waals surface area contributed by atoms with Gasteiger partial charge in [-0.2, -0.15) is 0 Å². The first-order valence-electron chi connectivity index (χ1n) is 8.46. The van der Waals surface area contributed by atoms with E-state index in [1.54, 1.807) is 0 Å². The van der Waals surface area contributed by atoms with Gasteiger partial charge in [0.2, 0.25) is 5.91 Å². The Morgan fingerprint density at radius 2 is 2.00 bits per heavy atom. The van der Waals surface area contributed by atoms with Gasteiger partial charge in [-0.1, -0.05) is 49.6 Å². The van der Waals surface area contributed by atoms with Crippen molar-refractivity contribution in [3.8, 4) is 0 Å². The number of primary amides is 1. The molecule has 2 N–H and O–H groups in total. The van der Waals surface area contributed by atoms with E-state index in [-0.39, 0.29) is 23.0 Å². The van der Waals surface area contributed by atoms with Crippen LogP contribution in [0.15, 0.2) is 41.3 Å². The Morgan fingerprint density at radius 3 is 2.61 bits per heavy atom. The molecule has 1 fully saturated rings. The third-order valence-corrected chi connectivity index (χ3v) is 7.53. The number of fused-ring (bicyclic) bond motifs is 2. The van der Waals surface area contributed by atoms with E-state index < -0.39 is 16.2 Å². The number of benzene rings is 1. The highest BCUT2D eigenvalue weighted by Crippen LogP contribution is 2.57. The molecule has 2 aliphatic carbocycles. The van der Waals surface area contributed by atoms with Crippen LogP contribution >= 0.6 is 0 Å². The molecule has 2 bridgehead atoms. The quantitative estimate of drug-likeness (QED) is 0.813. The second kappa shape index (κ2) is 6.23. The normalized spacial score (nSPS) is 33.0. The fourth-order valence-corrected chi connectivity index (χ4v) is 6.35. The molecule has 124 valence electrons. The predicted octanol–water partition coefficient (Wildman–Crippen LogP) is 3.34. The average molecular weight is 331 g/mol. The van der Waals surface area contributed by atoms with E-state index in [9.17, 15) is 9.00 Å². The largest absolute Gasteiger partial charge is 0.369 e. The molecule has 0 saturated heterocycles. The van der Waals surface area contributed by atoms with Gasteiger partial charge < -0.3 is 5.73 Å². The molecule has 1 amide bonds. The summed E-state index contributed by atoms with van der Waals surface area (Å²) < 4.78 is 13.3. The number of allylic oxidation sites excluding steroid dienone is 2. The summed E-state index contributed by atoms with van der Waals surface area (Å²) in [5, 5.41) is -0.191. The summed E-state index contributed by atoms with van der Waals surface area (Å²) >= 11 is 0. The van der Waals surface area contributed by atoms with Crippen LogP contribution in [0.5, 0.6) is 0 Å². The Balaban J connectivity index is 2.00. The molecule has 0 heterocycles. The number of nitrogens with two attached hydrogens (primary N) is 1. The molecule has 0 spiro atoms. The van der Waals surface area contributed by atoms with Crippen LogP contribution in [-0.2, 0) is 15.6 Å². The van der Waals surface area contributed by atoms with E-state index >= 15 is 0 Å². The summed E-state index contributed by atoms with van der Waals surface area (Å²) in [4.78, 5) is 13.3. The second-order valence-electron chi connectivity index (χ2n) is 6.93. The van der Waals surface area contributed by atoms with Crippen LogP contribution in [0.1, 0.15) is 38.2 Å². The van der Waals surface area contributed by atoms with Gasteiger partial charge in [-0.3, -0.25) is 9.00 Å². The standard InChI is InChI=1S/C19H25NO2S/c1-3-4-11-19(18(20)21)15-8-7-14(12-15)17(19)23(22)16-9-5-13(2)6-10-16/h5-10,14-15,17H,3-4,11-12H2,1-2H3,(H2,20,21)/t14-,15+,17-,19+,23-/m0/s1. The number of rotatable bonds is 6. The SMILES string of the molecule is CCCC[C@@]1(C(N)=O)[C@@H]2C=C[C@@H](C2)[C@@H]1[S@@](=O)c1ccc(C)cc1. The lowest BCUT2D eigenvalue weighted by Crippen LogP contribution is -2.51. The Kier molecular flexibility index (Phi) is 4.45. The number of unbranched alkanes of at least 4 members (excludes halogenated alkanes) is 1. The number of carbonyl (C=O) groups is 1. The smallest absolute Gasteiger partial charge is 0.225 e. The molecule has 4 heteroatoms. The summed E-state index contributed by atoms with van der Waals surface area (Å²) in [7, 11) is -1.21. The summed E-state index contributed by atoms with van der Waals surface area (Å²) in [6.45, 7) is 4.13. The Labute approximate surface area is 140 Å². The van der Waals surface area contributed by atoms with Crippen molar-refractivity contribution in [2.24, 2.45) is 23.0 Å². The molecule has 23 heavy (non-hydrogen) atoms. The minimum absolute atomic E-state index is 0.149. The van der Waals surface area contributed by atoms with E-state index in [1.165, 1.54) is 0 Å². The third-order valence-electron chi connectivity index (χ3n) is 5.56. The van der Waals surface area contributed by atoms with Crippen molar-refractivity contribution < 1.29 is 9.00 Å². The van der Waals surface area contributed by atoms with Crippen molar-refractivity contribution in [2.75, 3.05) is 0 Å². The van der Waals surface area contributed by atoms with Crippen LogP contribution in [0.2, 0.25) is 0 Å². The van der Waals surface area contributed by atoms with Gasteiger partial charge >= 0.3 is 0 Å². The van der Waals surface area contributed by atoms with Crippen molar-refractivity contribution >= 4 is 16.7 Å². The molecule has 2 aliphatic rings. The summed E-state index contributed by atoms with van der Waals surface area (Å²) in [5.41, 5.74) is 6.38.